The zero-order chi connectivity index (χ0) is 15.9. The number of esters is 1. The van der Waals surface area contributed by atoms with E-state index in [1.807, 2.05) is 0 Å². The van der Waals surface area contributed by atoms with Crippen LogP contribution in [0.25, 0.3) is 6.08 Å². The van der Waals surface area contributed by atoms with E-state index in [9.17, 15) is 9.59 Å². The Morgan fingerprint density at radius 1 is 1.41 bits per heavy atom. The van der Waals surface area contributed by atoms with Crippen molar-refractivity contribution in [1.29, 1.82) is 0 Å². The van der Waals surface area contributed by atoms with Crippen molar-refractivity contribution in [3.63, 3.8) is 0 Å². The molecule has 0 aromatic carbocycles. The summed E-state index contributed by atoms with van der Waals surface area (Å²) in [4.78, 5) is 23.4. The van der Waals surface area contributed by atoms with Gasteiger partial charge in [-0.15, -0.1) is 0 Å². The second kappa shape index (κ2) is 7.82. The Morgan fingerprint density at radius 2 is 2.23 bits per heavy atom. The molecule has 0 spiro atoms. The van der Waals surface area contributed by atoms with Crippen molar-refractivity contribution in [2.45, 2.75) is 39.2 Å². The number of carbonyl (C=O) groups is 2. The lowest BCUT2D eigenvalue weighted by molar-refractivity contribution is -0.144. The van der Waals surface area contributed by atoms with Gasteiger partial charge in [0.25, 0.3) is 5.91 Å². The third kappa shape index (κ3) is 4.76. The van der Waals surface area contributed by atoms with Gasteiger partial charge in [-0.25, -0.2) is 4.79 Å². The van der Waals surface area contributed by atoms with Crippen LogP contribution in [0.15, 0.2) is 28.9 Å². The van der Waals surface area contributed by atoms with Crippen LogP contribution in [0.3, 0.4) is 0 Å². The minimum Gasteiger partial charge on any atom is -0.465 e. The molecule has 2 rings (SSSR count). The maximum atomic E-state index is 11.9. The largest absolute Gasteiger partial charge is 0.465 e. The summed E-state index contributed by atoms with van der Waals surface area (Å²) in [5.74, 6) is 0.818. The van der Waals surface area contributed by atoms with Crippen LogP contribution in [-0.2, 0) is 14.3 Å². The molecule has 0 saturated heterocycles. The van der Waals surface area contributed by atoms with Crippen LogP contribution in [0.1, 0.15) is 38.9 Å². The average Bonchev–Trinajstić information content (AvgIpc) is 3.01. The van der Waals surface area contributed by atoms with Crippen molar-refractivity contribution < 1.29 is 18.7 Å². The number of furan rings is 1. The second-order valence-corrected chi connectivity index (χ2v) is 5.90. The molecular weight excluding hydrogens is 282 g/mol. The van der Waals surface area contributed by atoms with Gasteiger partial charge in [0.15, 0.2) is 6.61 Å². The Balaban J connectivity index is 1.72. The number of carbonyl (C=O) groups excluding carboxylic acids is 2. The van der Waals surface area contributed by atoms with Crippen molar-refractivity contribution in [3.8, 4) is 0 Å². The molecule has 1 fully saturated rings. The van der Waals surface area contributed by atoms with Gasteiger partial charge in [-0.05, 0) is 36.5 Å². The van der Waals surface area contributed by atoms with Crippen LogP contribution in [0.2, 0.25) is 0 Å². The van der Waals surface area contributed by atoms with Crippen molar-refractivity contribution in [3.05, 3.63) is 30.2 Å². The number of nitrogens with one attached hydrogen (secondary N) is 1. The Bertz CT molecular complexity index is 521. The van der Waals surface area contributed by atoms with Crippen LogP contribution in [0, 0.1) is 11.8 Å². The highest BCUT2D eigenvalue weighted by atomic mass is 16.5. The van der Waals surface area contributed by atoms with E-state index in [1.54, 1.807) is 12.1 Å². The first kappa shape index (κ1) is 16.3. The lowest BCUT2D eigenvalue weighted by atomic mass is 9.78. The third-order valence-corrected chi connectivity index (χ3v) is 4.33. The molecule has 0 radical (unpaired) electrons. The highest BCUT2D eigenvalue weighted by Gasteiger charge is 2.28. The van der Waals surface area contributed by atoms with Crippen LogP contribution < -0.4 is 5.32 Å². The van der Waals surface area contributed by atoms with Crippen LogP contribution in [-0.4, -0.2) is 24.5 Å². The van der Waals surface area contributed by atoms with Crippen LogP contribution in [0.5, 0.6) is 0 Å². The van der Waals surface area contributed by atoms with Crippen molar-refractivity contribution in [1.82, 2.24) is 5.32 Å². The molecule has 1 aromatic heterocycles. The Morgan fingerprint density at radius 3 is 2.95 bits per heavy atom. The molecule has 1 amide bonds. The highest BCUT2D eigenvalue weighted by molar-refractivity contribution is 5.88. The molecule has 1 saturated carbocycles. The van der Waals surface area contributed by atoms with E-state index in [2.05, 4.69) is 19.2 Å². The fourth-order valence-electron chi connectivity index (χ4n) is 2.76. The summed E-state index contributed by atoms with van der Waals surface area (Å²) in [6, 6.07) is 3.63. The standard InChI is InChI=1S/C17H23NO4/c1-12-5-3-7-15(13(12)2)18-16(19)11-22-17(20)9-8-14-6-4-10-21-14/h4,6,8-10,12-13,15H,3,5,7,11H2,1-2H3,(H,18,19)/b9-8+/t12-,13-,15+/m0/s1. The van der Waals surface area contributed by atoms with Crippen molar-refractivity contribution in [2.24, 2.45) is 11.8 Å². The molecule has 0 bridgehead atoms. The van der Waals surface area contributed by atoms with Gasteiger partial charge in [0.2, 0.25) is 0 Å². The molecule has 1 aliphatic carbocycles. The molecule has 3 atom stereocenters. The predicted molar refractivity (Wildman–Crippen MR) is 82.8 cm³/mol. The first-order valence-corrected chi connectivity index (χ1v) is 7.74. The molecule has 5 heteroatoms. The zero-order valence-corrected chi connectivity index (χ0v) is 13.1. The van der Waals surface area contributed by atoms with Gasteiger partial charge in [-0.3, -0.25) is 4.79 Å². The fourth-order valence-corrected chi connectivity index (χ4v) is 2.76. The predicted octanol–water partition coefficient (Wildman–Crippen LogP) is 2.78. The summed E-state index contributed by atoms with van der Waals surface area (Å²) in [5, 5.41) is 2.97. The summed E-state index contributed by atoms with van der Waals surface area (Å²) in [6.45, 7) is 4.12. The summed E-state index contributed by atoms with van der Waals surface area (Å²) in [7, 11) is 0. The van der Waals surface area contributed by atoms with Crippen LogP contribution in [0.4, 0.5) is 0 Å². The molecule has 22 heavy (non-hydrogen) atoms. The third-order valence-electron chi connectivity index (χ3n) is 4.33. The second-order valence-electron chi connectivity index (χ2n) is 5.90. The van der Waals surface area contributed by atoms with Gasteiger partial charge >= 0.3 is 5.97 Å². The maximum Gasteiger partial charge on any atom is 0.331 e. The molecule has 1 N–H and O–H groups in total. The number of hydrogen-bond acceptors (Lipinski definition) is 4. The van der Waals surface area contributed by atoms with E-state index in [4.69, 9.17) is 9.15 Å². The van der Waals surface area contributed by atoms with E-state index in [0.717, 1.165) is 12.8 Å². The Labute approximate surface area is 130 Å². The SMILES string of the molecule is C[C@H]1[C@@H](C)CCC[C@H]1NC(=O)COC(=O)/C=C/c1ccco1. The number of hydrogen-bond donors (Lipinski definition) is 1. The van der Waals surface area contributed by atoms with E-state index >= 15 is 0 Å². The normalized spacial score (nSPS) is 25.1. The van der Waals surface area contributed by atoms with E-state index < -0.39 is 5.97 Å². The number of amides is 1. The minimum absolute atomic E-state index is 0.175. The van der Waals surface area contributed by atoms with E-state index in [0.29, 0.717) is 17.6 Å². The van der Waals surface area contributed by atoms with Crippen LogP contribution >= 0.6 is 0 Å². The fraction of sp³-hybridized carbons (Fsp3) is 0.529. The Hall–Kier alpha value is -2.04. The monoisotopic (exact) mass is 305 g/mol. The first-order valence-electron chi connectivity index (χ1n) is 7.74. The van der Waals surface area contributed by atoms with Gasteiger partial charge in [0, 0.05) is 12.1 Å². The maximum absolute atomic E-state index is 11.9. The highest BCUT2D eigenvalue weighted by Crippen LogP contribution is 2.29. The van der Waals surface area contributed by atoms with Crippen molar-refractivity contribution >= 4 is 18.0 Å². The van der Waals surface area contributed by atoms with Gasteiger partial charge in [0.05, 0.1) is 6.26 Å². The molecule has 1 heterocycles. The summed E-state index contributed by atoms with van der Waals surface area (Å²) in [6.07, 6.45) is 7.60. The van der Waals surface area contributed by atoms with Gasteiger partial charge in [-0.1, -0.05) is 26.7 Å². The summed E-state index contributed by atoms with van der Waals surface area (Å²) < 4.78 is 9.98. The molecule has 120 valence electrons. The molecule has 0 unspecified atom stereocenters. The van der Waals surface area contributed by atoms with Gasteiger partial charge < -0.3 is 14.5 Å². The molecular formula is C17H23NO4. The zero-order valence-electron chi connectivity index (χ0n) is 13.1. The number of rotatable bonds is 5. The summed E-state index contributed by atoms with van der Waals surface area (Å²) in [5.41, 5.74) is 0. The molecule has 1 aliphatic rings. The quantitative estimate of drug-likeness (QED) is 0.671. The molecule has 1 aromatic rings. The first-order chi connectivity index (χ1) is 10.6. The topological polar surface area (TPSA) is 68.5 Å². The molecule has 5 nitrogen and oxygen atoms in total. The van der Waals surface area contributed by atoms with E-state index in [-0.39, 0.29) is 18.6 Å². The summed E-state index contributed by atoms with van der Waals surface area (Å²) >= 11 is 0. The van der Waals surface area contributed by atoms with E-state index in [1.165, 1.54) is 24.8 Å². The molecule has 0 aliphatic heterocycles. The lowest BCUT2D eigenvalue weighted by Gasteiger charge is -2.34. The smallest absolute Gasteiger partial charge is 0.331 e. The lowest BCUT2D eigenvalue weighted by Crippen LogP contribution is -2.45. The van der Waals surface area contributed by atoms with Gasteiger partial charge in [-0.2, -0.15) is 0 Å². The minimum atomic E-state index is -0.559. The van der Waals surface area contributed by atoms with Crippen molar-refractivity contribution in [2.75, 3.05) is 6.61 Å². The Kier molecular flexibility index (Phi) is 5.81. The van der Waals surface area contributed by atoms with Gasteiger partial charge in [0.1, 0.15) is 5.76 Å². The average molecular weight is 305 g/mol. The number of ether oxygens (including phenoxy) is 1.